The first-order valence-electron chi connectivity index (χ1n) is 6.84. The molecule has 0 aliphatic heterocycles. The Morgan fingerprint density at radius 1 is 1.17 bits per heavy atom. The van der Waals surface area contributed by atoms with E-state index in [0.717, 1.165) is 16.5 Å². The molecule has 0 aliphatic carbocycles. The van der Waals surface area contributed by atoms with Crippen molar-refractivity contribution in [3.05, 3.63) is 58.0 Å². The number of hydrogen-bond acceptors (Lipinski definition) is 5. The number of carbonyl (C=O) groups is 1. The molecular formula is C15H17N3O4S. The zero-order valence-electron chi connectivity index (χ0n) is 13.0. The number of carbonyl (C=O) groups excluding carboxylic acids is 1. The number of rotatable bonds is 4. The van der Waals surface area contributed by atoms with Gasteiger partial charge in [-0.05, 0) is 30.7 Å². The highest BCUT2D eigenvalue weighted by Crippen LogP contribution is 2.16. The summed E-state index contributed by atoms with van der Waals surface area (Å²) < 4.78 is 23.9. The van der Waals surface area contributed by atoms with Gasteiger partial charge in [0, 0.05) is 19.4 Å². The largest absolute Gasteiger partial charge is 0.344 e. The molecule has 1 atom stereocenters. The maximum absolute atomic E-state index is 12.1. The van der Waals surface area contributed by atoms with Gasteiger partial charge in [-0.25, -0.2) is 13.1 Å². The molecule has 23 heavy (non-hydrogen) atoms. The van der Waals surface area contributed by atoms with Gasteiger partial charge in [0.15, 0.2) is 9.84 Å². The predicted octanol–water partition coefficient (Wildman–Crippen LogP) is 0.675. The van der Waals surface area contributed by atoms with Gasteiger partial charge >= 0.3 is 0 Å². The van der Waals surface area contributed by atoms with Crippen LogP contribution in [0, 0.1) is 0 Å². The van der Waals surface area contributed by atoms with Crippen molar-refractivity contribution in [3.8, 4) is 0 Å². The van der Waals surface area contributed by atoms with E-state index in [1.54, 1.807) is 19.1 Å². The number of sulfone groups is 1. The lowest BCUT2D eigenvalue weighted by Gasteiger charge is -2.14. The van der Waals surface area contributed by atoms with E-state index < -0.39 is 15.7 Å². The van der Waals surface area contributed by atoms with Gasteiger partial charge < -0.3 is 5.32 Å². The smallest absolute Gasteiger partial charge is 0.272 e. The average Bonchev–Trinajstić information content (AvgIpc) is 2.49. The quantitative estimate of drug-likeness (QED) is 0.886. The van der Waals surface area contributed by atoms with Gasteiger partial charge in [-0.3, -0.25) is 9.59 Å². The molecular weight excluding hydrogens is 318 g/mol. The highest BCUT2D eigenvalue weighted by molar-refractivity contribution is 7.90. The standard InChI is InChI=1S/C15H17N3O4S/c1-10(11-4-6-12(7-5-11)23(3,21)22)16-15(20)13-8-9-14(19)18(2)17-13/h4-10H,1-3H3,(H,16,20)/t10-/m0/s1. The molecule has 7 nitrogen and oxygen atoms in total. The lowest BCUT2D eigenvalue weighted by molar-refractivity contribution is 0.0932. The predicted molar refractivity (Wildman–Crippen MR) is 84.9 cm³/mol. The molecule has 1 amide bonds. The minimum absolute atomic E-state index is 0.131. The molecule has 0 saturated heterocycles. The van der Waals surface area contributed by atoms with E-state index in [-0.39, 0.29) is 22.2 Å². The molecule has 0 bridgehead atoms. The van der Waals surface area contributed by atoms with Crippen molar-refractivity contribution >= 4 is 15.7 Å². The van der Waals surface area contributed by atoms with Crippen LogP contribution < -0.4 is 10.9 Å². The van der Waals surface area contributed by atoms with E-state index in [9.17, 15) is 18.0 Å². The molecule has 0 aliphatic rings. The highest BCUT2D eigenvalue weighted by Gasteiger charge is 2.14. The third-order valence-electron chi connectivity index (χ3n) is 3.35. The lowest BCUT2D eigenvalue weighted by Crippen LogP contribution is -2.30. The first kappa shape index (κ1) is 16.9. The summed E-state index contributed by atoms with van der Waals surface area (Å²) in [5, 5.41) is 6.63. The van der Waals surface area contributed by atoms with Crippen LogP contribution in [0.1, 0.15) is 29.0 Å². The Balaban J connectivity index is 2.14. The summed E-state index contributed by atoms with van der Waals surface area (Å²) in [5.74, 6) is -0.416. The van der Waals surface area contributed by atoms with Crippen molar-refractivity contribution in [2.24, 2.45) is 7.05 Å². The second kappa shape index (κ2) is 6.33. The second-order valence-corrected chi connectivity index (χ2v) is 7.23. The van der Waals surface area contributed by atoms with E-state index in [1.807, 2.05) is 0 Å². The Morgan fingerprint density at radius 2 is 1.78 bits per heavy atom. The molecule has 1 aromatic carbocycles. The number of aryl methyl sites for hydroxylation is 1. The van der Waals surface area contributed by atoms with Gasteiger partial charge in [-0.15, -0.1) is 0 Å². The molecule has 8 heteroatoms. The SMILES string of the molecule is C[C@H](NC(=O)c1ccc(=O)n(C)n1)c1ccc(S(C)(=O)=O)cc1. The van der Waals surface area contributed by atoms with E-state index in [4.69, 9.17) is 0 Å². The number of nitrogens with one attached hydrogen (secondary N) is 1. The fourth-order valence-corrected chi connectivity index (χ4v) is 2.61. The number of nitrogens with zero attached hydrogens (tertiary/aromatic N) is 2. The molecule has 2 aromatic rings. The molecule has 0 spiro atoms. The third kappa shape index (κ3) is 4.04. The van der Waals surface area contributed by atoms with Gasteiger partial charge in [0.05, 0.1) is 10.9 Å². The average molecular weight is 335 g/mol. The van der Waals surface area contributed by atoms with Crippen molar-refractivity contribution in [2.75, 3.05) is 6.26 Å². The van der Waals surface area contributed by atoms with E-state index in [0.29, 0.717) is 0 Å². The van der Waals surface area contributed by atoms with Crippen molar-refractivity contribution in [1.82, 2.24) is 15.1 Å². The second-order valence-electron chi connectivity index (χ2n) is 5.22. The highest BCUT2D eigenvalue weighted by atomic mass is 32.2. The van der Waals surface area contributed by atoms with Crippen LogP contribution in [0.5, 0.6) is 0 Å². The Bertz CT molecular complexity index is 886. The fraction of sp³-hybridized carbons (Fsp3) is 0.267. The fourth-order valence-electron chi connectivity index (χ4n) is 1.98. The molecule has 0 saturated carbocycles. The van der Waals surface area contributed by atoms with E-state index in [2.05, 4.69) is 10.4 Å². The van der Waals surface area contributed by atoms with Crippen molar-refractivity contribution in [3.63, 3.8) is 0 Å². The van der Waals surface area contributed by atoms with Crippen LogP contribution >= 0.6 is 0 Å². The normalized spacial score (nSPS) is 12.7. The Kier molecular flexibility index (Phi) is 4.65. The molecule has 0 radical (unpaired) electrons. The number of hydrogen-bond donors (Lipinski definition) is 1. The number of aromatic nitrogens is 2. The monoisotopic (exact) mass is 335 g/mol. The van der Waals surface area contributed by atoms with Crippen molar-refractivity contribution < 1.29 is 13.2 Å². The summed E-state index contributed by atoms with van der Waals surface area (Å²) in [4.78, 5) is 23.6. The minimum atomic E-state index is -3.25. The summed E-state index contributed by atoms with van der Waals surface area (Å²) in [6, 6.07) is 8.58. The van der Waals surface area contributed by atoms with Crippen LogP contribution in [-0.2, 0) is 16.9 Å². The lowest BCUT2D eigenvalue weighted by atomic mass is 10.1. The van der Waals surface area contributed by atoms with Gasteiger partial charge in [-0.1, -0.05) is 12.1 Å². The number of benzene rings is 1. The van der Waals surface area contributed by atoms with E-state index >= 15 is 0 Å². The Labute approximate surface area is 133 Å². The van der Waals surface area contributed by atoms with Crippen LogP contribution in [0.3, 0.4) is 0 Å². The van der Waals surface area contributed by atoms with Crippen LogP contribution in [0.25, 0.3) is 0 Å². The molecule has 2 rings (SSSR count). The third-order valence-corrected chi connectivity index (χ3v) is 4.48. The van der Waals surface area contributed by atoms with Crippen molar-refractivity contribution in [2.45, 2.75) is 17.9 Å². The molecule has 122 valence electrons. The van der Waals surface area contributed by atoms with E-state index in [1.165, 1.54) is 31.3 Å². The van der Waals surface area contributed by atoms with Crippen molar-refractivity contribution in [1.29, 1.82) is 0 Å². The maximum atomic E-state index is 12.1. The van der Waals surface area contributed by atoms with Gasteiger partial charge in [0.1, 0.15) is 5.69 Å². The van der Waals surface area contributed by atoms with Gasteiger partial charge in [0.25, 0.3) is 11.5 Å². The van der Waals surface area contributed by atoms with Gasteiger partial charge in [-0.2, -0.15) is 5.10 Å². The molecule has 1 N–H and O–H groups in total. The van der Waals surface area contributed by atoms with Crippen LogP contribution in [0.15, 0.2) is 46.1 Å². The van der Waals surface area contributed by atoms with Crippen LogP contribution in [0.2, 0.25) is 0 Å². The summed E-state index contributed by atoms with van der Waals surface area (Å²) in [6.45, 7) is 1.77. The molecule has 1 aromatic heterocycles. The molecule has 0 fully saturated rings. The summed E-state index contributed by atoms with van der Waals surface area (Å²) >= 11 is 0. The molecule has 1 heterocycles. The number of amides is 1. The maximum Gasteiger partial charge on any atom is 0.272 e. The summed E-state index contributed by atoms with van der Waals surface area (Å²) in [6.07, 6.45) is 1.14. The van der Waals surface area contributed by atoms with Crippen LogP contribution in [0.4, 0.5) is 0 Å². The van der Waals surface area contributed by atoms with Crippen LogP contribution in [-0.4, -0.2) is 30.4 Å². The zero-order valence-corrected chi connectivity index (χ0v) is 13.8. The Morgan fingerprint density at radius 3 is 2.30 bits per heavy atom. The minimum Gasteiger partial charge on any atom is -0.344 e. The first-order valence-corrected chi connectivity index (χ1v) is 8.73. The molecule has 0 unspecified atom stereocenters. The zero-order chi connectivity index (χ0) is 17.2. The van der Waals surface area contributed by atoms with Gasteiger partial charge in [0.2, 0.25) is 0 Å². The summed E-state index contributed by atoms with van der Waals surface area (Å²) in [7, 11) is -1.79. The Hall–Kier alpha value is -2.48. The topological polar surface area (TPSA) is 98.1 Å². The first-order chi connectivity index (χ1) is 10.7. The summed E-state index contributed by atoms with van der Waals surface area (Å²) in [5.41, 5.74) is 0.591.